The lowest BCUT2D eigenvalue weighted by molar-refractivity contribution is -0.129. The summed E-state index contributed by atoms with van der Waals surface area (Å²) in [5.41, 5.74) is 3.31. The van der Waals surface area contributed by atoms with E-state index < -0.39 is 0 Å². The average Bonchev–Trinajstić information content (AvgIpc) is 3.17. The molecule has 0 spiro atoms. The van der Waals surface area contributed by atoms with Gasteiger partial charge < -0.3 is 9.64 Å². The first-order chi connectivity index (χ1) is 13.6. The van der Waals surface area contributed by atoms with Crippen LogP contribution in [-0.2, 0) is 17.6 Å². The fourth-order valence-electron chi connectivity index (χ4n) is 3.06. The number of aryl methyl sites for hydroxylation is 1. The van der Waals surface area contributed by atoms with Gasteiger partial charge in [-0.1, -0.05) is 30.3 Å². The summed E-state index contributed by atoms with van der Waals surface area (Å²) in [5, 5.41) is 7.24. The highest BCUT2D eigenvalue weighted by molar-refractivity contribution is 5.79. The van der Waals surface area contributed by atoms with Crippen LogP contribution in [0.15, 0.2) is 54.6 Å². The molecule has 0 aliphatic carbocycles. The lowest BCUT2D eigenvalue weighted by Crippen LogP contribution is -2.29. The highest BCUT2D eigenvalue weighted by Crippen LogP contribution is 2.20. The summed E-state index contributed by atoms with van der Waals surface area (Å²) in [5.74, 6) is 0.499. The molecule has 0 atom stereocenters. The van der Waals surface area contributed by atoms with Crippen LogP contribution in [-0.4, -0.2) is 41.7 Å². The number of methoxy groups -OCH3 is 1. The first-order valence-electron chi connectivity index (χ1n) is 9.23. The van der Waals surface area contributed by atoms with Crippen LogP contribution in [0.1, 0.15) is 17.7 Å². The third-order valence-corrected chi connectivity index (χ3v) is 4.65. The summed E-state index contributed by atoms with van der Waals surface area (Å²) in [4.78, 5) is 14.2. The van der Waals surface area contributed by atoms with E-state index in [0.717, 1.165) is 41.1 Å². The molecule has 1 amide bonds. The van der Waals surface area contributed by atoms with Gasteiger partial charge in [0.15, 0.2) is 0 Å². The molecule has 2 aromatic carbocycles. The van der Waals surface area contributed by atoms with Gasteiger partial charge in [0, 0.05) is 30.4 Å². The number of carbonyl (C=O) groups is 1. The van der Waals surface area contributed by atoms with E-state index in [1.807, 2.05) is 43.4 Å². The number of hydrogen-bond acceptors (Lipinski definition) is 3. The molecule has 1 heterocycles. The number of ether oxygens (including phenoxy) is 1. The molecule has 0 saturated heterocycles. The molecule has 5 nitrogen and oxygen atoms in total. The summed E-state index contributed by atoms with van der Waals surface area (Å²) in [6.45, 7) is 0.641. The second kappa shape index (κ2) is 9.17. The Bertz CT molecular complexity index is 939. The van der Waals surface area contributed by atoms with E-state index in [9.17, 15) is 9.18 Å². The highest BCUT2D eigenvalue weighted by atomic mass is 19.1. The zero-order valence-electron chi connectivity index (χ0n) is 16.1. The second-order valence-corrected chi connectivity index (χ2v) is 6.70. The van der Waals surface area contributed by atoms with Crippen LogP contribution in [0, 0.1) is 5.82 Å². The number of aromatic nitrogens is 2. The van der Waals surface area contributed by atoms with Gasteiger partial charge in [-0.2, -0.15) is 5.10 Å². The minimum absolute atomic E-state index is 0.0505. The molecular formula is C22H24FN3O2. The number of nitrogens with zero attached hydrogens (tertiary/aromatic N) is 2. The topological polar surface area (TPSA) is 58.2 Å². The molecule has 0 bridgehead atoms. The number of hydrogen-bond donors (Lipinski definition) is 1. The standard InChI is InChI=1S/C22H24FN3O2/c1-26(22(27)14-17-7-3-4-11-21(17)28-2)12-6-10-19-15-20(25-24-19)16-8-5-9-18(23)13-16/h3-5,7-9,11,13,15H,6,10,12,14H2,1-2H3,(H,24,25). The maximum Gasteiger partial charge on any atom is 0.226 e. The normalized spacial score (nSPS) is 10.7. The molecule has 6 heteroatoms. The Labute approximate surface area is 164 Å². The average molecular weight is 381 g/mol. The molecule has 1 N–H and O–H groups in total. The zero-order valence-corrected chi connectivity index (χ0v) is 16.1. The van der Waals surface area contributed by atoms with Crippen LogP contribution in [0.3, 0.4) is 0 Å². The number of rotatable bonds is 8. The molecule has 0 fully saturated rings. The summed E-state index contributed by atoms with van der Waals surface area (Å²) in [7, 11) is 3.42. The minimum Gasteiger partial charge on any atom is -0.496 e. The number of amides is 1. The van der Waals surface area contributed by atoms with Gasteiger partial charge in [-0.25, -0.2) is 4.39 Å². The minimum atomic E-state index is -0.280. The lowest BCUT2D eigenvalue weighted by atomic mass is 10.1. The van der Waals surface area contributed by atoms with E-state index in [-0.39, 0.29) is 11.7 Å². The Morgan fingerprint density at radius 2 is 2.00 bits per heavy atom. The van der Waals surface area contributed by atoms with Crippen molar-refractivity contribution in [2.45, 2.75) is 19.3 Å². The van der Waals surface area contributed by atoms with Crippen LogP contribution in [0.5, 0.6) is 5.75 Å². The number of benzene rings is 2. The van der Waals surface area contributed by atoms with E-state index in [2.05, 4.69) is 10.2 Å². The van der Waals surface area contributed by atoms with Crippen molar-refractivity contribution >= 4 is 5.91 Å². The molecule has 1 aromatic heterocycles. The van der Waals surface area contributed by atoms with Crippen molar-refractivity contribution in [3.05, 3.63) is 71.7 Å². The van der Waals surface area contributed by atoms with Crippen molar-refractivity contribution in [1.29, 1.82) is 0 Å². The SMILES string of the molecule is COc1ccccc1CC(=O)N(C)CCCc1cc(-c2cccc(F)c2)n[nH]1. The molecule has 28 heavy (non-hydrogen) atoms. The summed E-state index contributed by atoms with van der Waals surface area (Å²) in [6.07, 6.45) is 1.88. The third kappa shape index (κ3) is 4.97. The van der Waals surface area contributed by atoms with Gasteiger partial charge >= 0.3 is 0 Å². The van der Waals surface area contributed by atoms with Crippen LogP contribution >= 0.6 is 0 Å². The summed E-state index contributed by atoms with van der Waals surface area (Å²) >= 11 is 0. The largest absolute Gasteiger partial charge is 0.496 e. The number of carbonyl (C=O) groups excluding carboxylic acids is 1. The number of para-hydroxylation sites is 1. The van der Waals surface area contributed by atoms with Crippen LogP contribution in [0.4, 0.5) is 4.39 Å². The fraction of sp³-hybridized carbons (Fsp3) is 0.273. The Kier molecular flexibility index (Phi) is 6.42. The number of aromatic amines is 1. The van der Waals surface area contributed by atoms with E-state index >= 15 is 0 Å². The first-order valence-corrected chi connectivity index (χ1v) is 9.23. The van der Waals surface area contributed by atoms with Crippen LogP contribution in [0.2, 0.25) is 0 Å². The molecule has 0 unspecified atom stereocenters. The van der Waals surface area contributed by atoms with Crippen molar-refractivity contribution in [2.75, 3.05) is 20.7 Å². The highest BCUT2D eigenvalue weighted by Gasteiger charge is 2.13. The van der Waals surface area contributed by atoms with Crippen molar-refractivity contribution < 1.29 is 13.9 Å². The van der Waals surface area contributed by atoms with Crippen molar-refractivity contribution in [3.8, 4) is 17.0 Å². The van der Waals surface area contributed by atoms with Crippen molar-refractivity contribution in [3.63, 3.8) is 0 Å². The molecule has 3 aromatic rings. The Balaban J connectivity index is 1.50. The number of nitrogens with one attached hydrogen (secondary N) is 1. The molecule has 146 valence electrons. The third-order valence-electron chi connectivity index (χ3n) is 4.65. The van der Waals surface area contributed by atoms with Gasteiger partial charge in [-0.05, 0) is 37.1 Å². The second-order valence-electron chi connectivity index (χ2n) is 6.70. The van der Waals surface area contributed by atoms with Gasteiger partial charge in [0.05, 0.1) is 19.2 Å². The fourth-order valence-corrected chi connectivity index (χ4v) is 3.06. The predicted octanol–water partition coefficient (Wildman–Crippen LogP) is 3.86. The Morgan fingerprint density at radius 1 is 1.18 bits per heavy atom. The number of H-pyrrole nitrogens is 1. The monoisotopic (exact) mass is 381 g/mol. The van der Waals surface area contributed by atoms with E-state index in [0.29, 0.717) is 13.0 Å². The van der Waals surface area contributed by atoms with E-state index in [4.69, 9.17) is 4.74 Å². The molecule has 0 radical (unpaired) electrons. The Hall–Kier alpha value is -3.15. The first kappa shape index (κ1) is 19.6. The molecule has 0 aliphatic rings. The number of halogens is 1. The van der Waals surface area contributed by atoms with Crippen LogP contribution in [0.25, 0.3) is 11.3 Å². The number of likely N-dealkylation sites (N-methyl/N-ethyl adjacent to an activating group) is 1. The van der Waals surface area contributed by atoms with E-state index in [1.165, 1.54) is 12.1 Å². The maximum atomic E-state index is 13.3. The van der Waals surface area contributed by atoms with Crippen molar-refractivity contribution in [2.24, 2.45) is 0 Å². The van der Waals surface area contributed by atoms with Crippen molar-refractivity contribution in [1.82, 2.24) is 15.1 Å². The van der Waals surface area contributed by atoms with E-state index in [1.54, 1.807) is 18.1 Å². The quantitative estimate of drug-likeness (QED) is 0.645. The van der Waals surface area contributed by atoms with Gasteiger partial charge in [0.1, 0.15) is 11.6 Å². The van der Waals surface area contributed by atoms with Gasteiger partial charge in [-0.15, -0.1) is 0 Å². The van der Waals surface area contributed by atoms with Gasteiger partial charge in [-0.3, -0.25) is 9.89 Å². The van der Waals surface area contributed by atoms with Gasteiger partial charge in [0.2, 0.25) is 5.91 Å². The summed E-state index contributed by atoms with van der Waals surface area (Å²) in [6, 6.07) is 15.8. The molecule has 0 saturated carbocycles. The zero-order chi connectivity index (χ0) is 19.9. The van der Waals surface area contributed by atoms with Gasteiger partial charge in [0.25, 0.3) is 0 Å². The predicted molar refractivity (Wildman–Crippen MR) is 107 cm³/mol. The Morgan fingerprint density at radius 3 is 2.79 bits per heavy atom. The lowest BCUT2D eigenvalue weighted by Gasteiger charge is -2.17. The molecule has 0 aliphatic heterocycles. The molecule has 3 rings (SSSR count). The summed E-state index contributed by atoms with van der Waals surface area (Å²) < 4.78 is 18.7. The molecular weight excluding hydrogens is 357 g/mol. The smallest absolute Gasteiger partial charge is 0.226 e. The maximum absolute atomic E-state index is 13.3. The van der Waals surface area contributed by atoms with Crippen LogP contribution < -0.4 is 4.74 Å².